The van der Waals surface area contributed by atoms with Gasteiger partial charge >= 0.3 is 0 Å². The summed E-state index contributed by atoms with van der Waals surface area (Å²) in [5.41, 5.74) is -0.451. The van der Waals surface area contributed by atoms with Gasteiger partial charge in [-0.2, -0.15) is 0 Å². The highest BCUT2D eigenvalue weighted by Gasteiger charge is 2.13. The van der Waals surface area contributed by atoms with Crippen LogP contribution in [-0.4, -0.2) is 10.8 Å². The minimum atomic E-state index is -0.807. The van der Waals surface area contributed by atoms with E-state index >= 15 is 0 Å². The van der Waals surface area contributed by atoms with Crippen molar-refractivity contribution in [3.63, 3.8) is 0 Å². The molecule has 0 aliphatic carbocycles. The third kappa shape index (κ3) is 2.51. The Labute approximate surface area is 100 Å². The Kier molecular flexibility index (Phi) is 3.05. The molecule has 1 aromatic heterocycles. The maximum absolute atomic E-state index is 13.1. The van der Waals surface area contributed by atoms with Gasteiger partial charge in [0, 0.05) is 6.07 Å². The maximum atomic E-state index is 13.1. The number of furan rings is 1. The van der Waals surface area contributed by atoms with Crippen LogP contribution in [0.2, 0.25) is 0 Å². The SMILES string of the molecule is O=C(Nc1cc(F)cc([N+](=O)[O-])c1)c1ccco1. The highest BCUT2D eigenvalue weighted by molar-refractivity contribution is 6.02. The third-order valence-electron chi connectivity index (χ3n) is 2.10. The smallest absolute Gasteiger partial charge is 0.291 e. The number of nitrogens with one attached hydrogen (secondary N) is 1. The van der Waals surface area contributed by atoms with Crippen LogP contribution in [0.25, 0.3) is 0 Å². The third-order valence-corrected chi connectivity index (χ3v) is 2.10. The monoisotopic (exact) mass is 250 g/mol. The number of rotatable bonds is 3. The number of hydrogen-bond donors (Lipinski definition) is 1. The van der Waals surface area contributed by atoms with Gasteiger partial charge in [-0.05, 0) is 18.2 Å². The molecule has 0 saturated carbocycles. The summed E-state index contributed by atoms with van der Waals surface area (Å²) >= 11 is 0. The number of nitro groups is 1. The molecular weight excluding hydrogens is 243 g/mol. The molecule has 18 heavy (non-hydrogen) atoms. The summed E-state index contributed by atoms with van der Waals surface area (Å²) in [6.45, 7) is 0. The highest BCUT2D eigenvalue weighted by atomic mass is 19.1. The summed E-state index contributed by atoms with van der Waals surface area (Å²) in [5.74, 6) is -1.39. The lowest BCUT2D eigenvalue weighted by Crippen LogP contribution is -2.11. The zero-order chi connectivity index (χ0) is 13.1. The first-order chi connectivity index (χ1) is 8.56. The maximum Gasteiger partial charge on any atom is 0.291 e. The van der Waals surface area contributed by atoms with Gasteiger partial charge in [0.05, 0.1) is 22.9 Å². The standard InChI is InChI=1S/C11H7FN2O4/c12-7-4-8(6-9(5-7)14(16)17)13-11(15)10-2-1-3-18-10/h1-6H,(H,13,15). The topological polar surface area (TPSA) is 85.4 Å². The Bertz CT molecular complexity index is 595. The largest absolute Gasteiger partial charge is 0.459 e. The summed E-state index contributed by atoms with van der Waals surface area (Å²) in [6, 6.07) is 5.74. The normalized spacial score (nSPS) is 10.1. The van der Waals surface area contributed by atoms with E-state index in [4.69, 9.17) is 4.42 Å². The highest BCUT2D eigenvalue weighted by Crippen LogP contribution is 2.20. The number of halogens is 1. The zero-order valence-electron chi connectivity index (χ0n) is 8.92. The van der Waals surface area contributed by atoms with Crippen LogP contribution < -0.4 is 5.32 Å². The molecule has 1 amide bonds. The lowest BCUT2D eigenvalue weighted by Gasteiger charge is -2.03. The summed E-state index contributed by atoms with van der Waals surface area (Å²) in [7, 11) is 0. The summed E-state index contributed by atoms with van der Waals surface area (Å²) < 4.78 is 17.9. The molecule has 0 aliphatic rings. The molecular formula is C11H7FN2O4. The second kappa shape index (κ2) is 4.66. The van der Waals surface area contributed by atoms with E-state index in [9.17, 15) is 19.3 Å². The van der Waals surface area contributed by atoms with Gasteiger partial charge in [0.2, 0.25) is 0 Å². The molecule has 1 N–H and O–H groups in total. The van der Waals surface area contributed by atoms with Gasteiger partial charge in [0.15, 0.2) is 5.76 Å². The Morgan fingerprint density at radius 3 is 2.78 bits per heavy atom. The van der Waals surface area contributed by atoms with E-state index in [0.29, 0.717) is 0 Å². The van der Waals surface area contributed by atoms with Gasteiger partial charge in [-0.25, -0.2) is 4.39 Å². The first-order valence-corrected chi connectivity index (χ1v) is 4.86. The van der Waals surface area contributed by atoms with Gasteiger partial charge in [0.25, 0.3) is 11.6 Å². The van der Waals surface area contributed by atoms with Gasteiger partial charge in [-0.1, -0.05) is 0 Å². The summed E-state index contributed by atoms with van der Waals surface area (Å²) in [4.78, 5) is 21.4. The number of anilines is 1. The minimum Gasteiger partial charge on any atom is -0.459 e. The molecule has 92 valence electrons. The number of benzene rings is 1. The molecule has 2 rings (SSSR count). The number of nitro benzene ring substituents is 1. The molecule has 0 aliphatic heterocycles. The first-order valence-electron chi connectivity index (χ1n) is 4.86. The fourth-order valence-corrected chi connectivity index (χ4v) is 1.35. The second-order valence-electron chi connectivity index (χ2n) is 3.39. The molecule has 0 atom stereocenters. The van der Waals surface area contributed by atoms with E-state index in [1.165, 1.54) is 18.4 Å². The number of hydrogen-bond acceptors (Lipinski definition) is 4. The van der Waals surface area contributed by atoms with E-state index in [-0.39, 0.29) is 11.4 Å². The van der Waals surface area contributed by atoms with Crippen molar-refractivity contribution in [1.29, 1.82) is 0 Å². The number of carbonyl (C=O) groups is 1. The number of non-ortho nitro benzene ring substituents is 1. The zero-order valence-corrected chi connectivity index (χ0v) is 8.92. The van der Waals surface area contributed by atoms with Crippen molar-refractivity contribution in [3.8, 4) is 0 Å². The quantitative estimate of drug-likeness (QED) is 0.670. The molecule has 1 heterocycles. The molecule has 0 bridgehead atoms. The van der Waals surface area contributed by atoms with Gasteiger partial charge in [-0.15, -0.1) is 0 Å². The average Bonchev–Trinajstić information content (AvgIpc) is 2.81. The van der Waals surface area contributed by atoms with E-state index in [0.717, 1.165) is 18.2 Å². The molecule has 0 saturated heterocycles. The predicted octanol–water partition coefficient (Wildman–Crippen LogP) is 2.58. The Morgan fingerprint density at radius 1 is 1.39 bits per heavy atom. The second-order valence-corrected chi connectivity index (χ2v) is 3.39. The van der Waals surface area contributed by atoms with E-state index < -0.39 is 22.3 Å². The number of nitrogens with zero attached hydrogens (tertiary/aromatic N) is 1. The Hall–Kier alpha value is -2.70. The lowest BCUT2D eigenvalue weighted by molar-refractivity contribution is -0.385. The Balaban J connectivity index is 2.24. The van der Waals surface area contributed by atoms with Crippen LogP contribution in [0.3, 0.4) is 0 Å². The summed E-state index contributed by atoms with van der Waals surface area (Å²) in [6.07, 6.45) is 1.31. The molecule has 7 heteroatoms. The van der Waals surface area contributed by atoms with Gasteiger partial charge in [0.1, 0.15) is 5.82 Å². The summed E-state index contributed by atoms with van der Waals surface area (Å²) in [5, 5.41) is 12.8. The fraction of sp³-hybridized carbons (Fsp3) is 0. The lowest BCUT2D eigenvalue weighted by atomic mass is 10.2. The number of carbonyl (C=O) groups excluding carboxylic acids is 1. The molecule has 6 nitrogen and oxygen atoms in total. The van der Waals surface area contributed by atoms with Crippen LogP contribution in [0, 0.1) is 15.9 Å². The predicted molar refractivity (Wildman–Crippen MR) is 59.7 cm³/mol. The van der Waals surface area contributed by atoms with Crippen LogP contribution in [-0.2, 0) is 0 Å². The average molecular weight is 250 g/mol. The molecule has 2 aromatic rings. The van der Waals surface area contributed by atoms with Crippen molar-refractivity contribution in [2.75, 3.05) is 5.32 Å². The van der Waals surface area contributed by atoms with Crippen molar-refractivity contribution >= 4 is 17.3 Å². The van der Waals surface area contributed by atoms with Crippen LogP contribution in [0.1, 0.15) is 10.6 Å². The van der Waals surface area contributed by atoms with Crippen molar-refractivity contribution in [2.45, 2.75) is 0 Å². The minimum absolute atomic E-state index is 0.0110. The van der Waals surface area contributed by atoms with Crippen LogP contribution in [0.4, 0.5) is 15.8 Å². The van der Waals surface area contributed by atoms with E-state index in [2.05, 4.69) is 5.32 Å². The van der Waals surface area contributed by atoms with E-state index in [1.54, 1.807) is 0 Å². The molecule has 1 aromatic carbocycles. The van der Waals surface area contributed by atoms with Crippen LogP contribution in [0.15, 0.2) is 41.0 Å². The van der Waals surface area contributed by atoms with Gasteiger partial charge < -0.3 is 9.73 Å². The fourth-order valence-electron chi connectivity index (χ4n) is 1.35. The van der Waals surface area contributed by atoms with Crippen molar-refractivity contribution < 1.29 is 18.5 Å². The first kappa shape index (κ1) is 11.8. The molecule has 0 fully saturated rings. The van der Waals surface area contributed by atoms with Crippen LogP contribution in [0.5, 0.6) is 0 Å². The Morgan fingerprint density at radius 2 is 2.17 bits per heavy atom. The van der Waals surface area contributed by atoms with Crippen molar-refractivity contribution in [2.24, 2.45) is 0 Å². The number of amides is 1. The van der Waals surface area contributed by atoms with Gasteiger partial charge in [-0.3, -0.25) is 14.9 Å². The molecule has 0 radical (unpaired) electrons. The van der Waals surface area contributed by atoms with Crippen molar-refractivity contribution in [3.05, 3.63) is 58.3 Å². The molecule has 0 spiro atoms. The van der Waals surface area contributed by atoms with Crippen LogP contribution >= 0.6 is 0 Å². The molecule has 0 unspecified atom stereocenters. The van der Waals surface area contributed by atoms with E-state index in [1.807, 2.05) is 0 Å². The van der Waals surface area contributed by atoms with Crippen molar-refractivity contribution in [1.82, 2.24) is 0 Å².